The van der Waals surface area contributed by atoms with Crippen LogP contribution in [0.2, 0.25) is 0 Å². The van der Waals surface area contributed by atoms with E-state index in [9.17, 15) is 0 Å². The normalized spacial score (nSPS) is 12.9. The highest BCUT2D eigenvalue weighted by Gasteiger charge is 2.09. The molecule has 2 aromatic rings. The number of hydrogen-bond acceptors (Lipinski definition) is 3. The van der Waals surface area contributed by atoms with Crippen LogP contribution in [-0.2, 0) is 6.54 Å². The van der Waals surface area contributed by atoms with Gasteiger partial charge >= 0.3 is 0 Å². The van der Waals surface area contributed by atoms with Crippen LogP contribution in [0.25, 0.3) is 0 Å². The second-order valence-electron chi connectivity index (χ2n) is 3.67. The molecular weight excluding hydrogens is 226 g/mol. The highest BCUT2D eigenvalue weighted by molar-refractivity contribution is 7.71. The van der Waals surface area contributed by atoms with Gasteiger partial charge in [-0.05, 0) is 19.1 Å². The molecule has 2 heterocycles. The van der Waals surface area contributed by atoms with Crippen molar-refractivity contribution in [2.75, 3.05) is 0 Å². The first kappa shape index (κ1) is 10.6. The van der Waals surface area contributed by atoms with E-state index in [2.05, 4.69) is 21.5 Å². The van der Waals surface area contributed by atoms with E-state index in [0.29, 0.717) is 5.92 Å². The average molecular weight is 239 g/mol. The van der Waals surface area contributed by atoms with Gasteiger partial charge < -0.3 is 9.55 Å². The van der Waals surface area contributed by atoms with Crippen LogP contribution in [0.5, 0.6) is 0 Å². The number of imidazole rings is 1. The predicted molar refractivity (Wildman–Crippen MR) is 64.9 cm³/mol. The van der Waals surface area contributed by atoms with E-state index >= 15 is 0 Å². The van der Waals surface area contributed by atoms with Gasteiger partial charge in [-0.3, -0.25) is 0 Å². The lowest BCUT2D eigenvalue weighted by atomic mass is 10.2. The molecule has 0 fully saturated rings. The summed E-state index contributed by atoms with van der Waals surface area (Å²) in [6.45, 7) is 5.07. The lowest BCUT2D eigenvalue weighted by Gasteiger charge is -2.08. The zero-order chi connectivity index (χ0) is 10.8. The summed E-state index contributed by atoms with van der Waals surface area (Å²) in [4.78, 5) is 7.43. The van der Waals surface area contributed by atoms with Crippen molar-refractivity contribution in [1.29, 1.82) is 0 Å². The lowest BCUT2D eigenvalue weighted by Crippen LogP contribution is -2.05. The lowest BCUT2D eigenvalue weighted by molar-refractivity contribution is 0.588. The first-order valence-electron chi connectivity index (χ1n) is 4.82. The van der Waals surface area contributed by atoms with Gasteiger partial charge in [-0.15, -0.1) is 11.3 Å². The van der Waals surface area contributed by atoms with Crippen LogP contribution in [0.3, 0.4) is 0 Å². The van der Waals surface area contributed by atoms with E-state index in [-0.39, 0.29) is 0 Å². The molecule has 3 nitrogen and oxygen atoms in total. The molecule has 0 bridgehead atoms. The number of rotatable bonds is 3. The minimum atomic E-state index is 0.409. The average Bonchev–Trinajstić information content (AvgIpc) is 2.76. The summed E-state index contributed by atoms with van der Waals surface area (Å²) in [5.41, 5.74) is 1.10. The van der Waals surface area contributed by atoms with Crippen LogP contribution >= 0.6 is 23.6 Å². The molecule has 2 aromatic heterocycles. The van der Waals surface area contributed by atoms with Crippen molar-refractivity contribution < 1.29 is 0 Å². The molecule has 0 saturated heterocycles. The van der Waals surface area contributed by atoms with Gasteiger partial charge in [0, 0.05) is 35.9 Å². The standard InChI is InChI=1S/C10H13N3S2/c1-7(9-11-3-4-15-9)5-13-6-8(2)12-10(13)14/h3-4,6-7H,5H2,1-2H3,(H,12,14). The van der Waals surface area contributed by atoms with Crippen LogP contribution in [0.4, 0.5) is 0 Å². The summed E-state index contributed by atoms with van der Waals surface area (Å²) in [7, 11) is 0. The molecule has 0 saturated carbocycles. The maximum Gasteiger partial charge on any atom is 0.177 e. The molecule has 0 aliphatic rings. The largest absolute Gasteiger partial charge is 0.335 e. The zero-order valence-electron chi connectivity index (χ0n) is 8.73. The minimum absolute atomic E-state index is 0.409. The van der Waals surface area contributed by atoms with Crippen molar-refractivity contribution in [2.24, 2.45) is 0 Å². The van der Waals surface area contributed by atoms with Crippen molar-refractivity contribution in [2.45, 2.75) is 26.3 Å². The van der Waals surface area contributed by atoms with Crippen molar-refractivity contribution in [3.05, 3.63) is 33.2 Å². The van der Waals surface area contributed by atoms with Crippen LogP contribution in [-0.4, -0.2) is 14.5 Å². The number of aromatic amines is 1. The Kier molecular flexibility index (Phi) is 3.02. The number of H-pyrrole nitrogens is 1. The van der Waals surface area contributed by atoms with Crippen molar-refractivity contribution in [3.8, 4) is 0 Å². The molecule has 1 atom stereocenters. The fourth-order valence-electron chi connectivity index (χ4n) is 1.55. The number of aryl methyl sites for hydroxylation is 1. The summed E-state index contributed by atoms with van der Waals surface area (Å²) >= 11 is 6.91. The Hall–Kier alpha value is -0.940. The van der Waals surface area contributed by atoms with Crippen LogP contribution in [0.15, 0.2) is 17.8 Å². The summed E-state index contributed by atoms with van der Waals surface area (Å²) in [6.07, 6.45) is 3.89. The van der Waals surface area contributed by atoms with Crippen molar-refractivity contribution >= 4 is 23.6 Å². The number of hydrogen-bond donors (Lipinski definition) is 1. The van der Waals surface area contributed by atoms with Crippen LogP contribution in [0.1, 0.15) is 23.5 Å². The van der Waals surface area contributed by atoms with Crippen LogP contribution in [0, 0.1) is 11.7 Å². The first-order chi connectivity index (χ1) is 7.16. The van der Waals surface area contributed by atoms with E-state index < -0.39 is 0 Å². The summed E-state index contributed by atoms with van der Waals surface area (Å²) in [5, 5.41) is 3.17. The van der Waals surface area contributed by atoms with Gasteiger partial charge in [0.25, 0.3) is 0 Å². The third-order valence-electron chi connectivity index (χ3n) is 2.26. The Morgan fingerprint density at radius 3 is 3.00 bits per heavy atom. The number of thiazole rings is 1. The number of nitrogens with zero attached hydrogens (tertiary/aromatic N) is 2. The van der Waals surface area contributed by atoms with E-state index in [0.717, 1.165) is 22.0 Å². The molecule has 15 heavy (non-hydrogen) atoms. The third-order valence-corrected chi connectivity index (χ3v) is 3.60. The topological polar surface area (TPSA) is 33.6 Å². The van der Waals surface area contributed by atoms with Gasteiger partial charge in [-0.2, -0.15) is 0 Å². The Labute approximate surface area is 97.8 Å². The second kappa shape index (κ2) is 4.28. The summed E-state index contributed by atoms with van der Waals surface area (Å²) in [6, 6.07) is 0. The molecule has 1 N–H and O–H groups in total. The highest BCUT2D eigenvalue weighted by atomic mass is 32.1. The zero-order valence-corrected chi connectivity index (χ0v) is 10.4. The van der Waals surface area contributed by atoms with Gasteiger partial charge in [-0.1, -0.05) is 6.92 Å². The van der Waals surface area contributed by atoms with Crippen molar-refractivity contribution in [3.63, 3.8) is 0 Å². The Bertz CT molecular complexity index is 481. The molecule has 5 heteroatoms. The van der Waals surface area contributed by atoms with Gasteiger partial charge in [0.15, 0.2) is 4.77 Å². The quantitative estimate of drug-likeness (QED) is 0.835. The van der Waals surface area contributed by atoms with Gasteiger partial charge in [0.05, 0.1) is 5.01 Å². The molecule has 0 aliphatic carbocycles. The smallest absolute Gasteiger partial charge is 0.177 e. The maximum atomic E-state index is 5.21. The molecule has 0 spiro atoms. The monoisotopic (exact) mass is 239 g/mol. The molecule has 1 unspecified atom stereocenters. The first-order valence-corrected chi connectivity index (χ1v) is 6.11. The predicted octanol–water partition coefficient (Wildman–Crippen LogP) is 3.11. The van der Waals surface area contributed by atoms with E-state index in [1.807, 2.05) is 24.7 Å². The van der Waals surface area contributed by atoms with Gasteiger partial charge in [0.2, 0.25) is 0 Å². The Balaban J connectivity index is 2.16. The molecule has 80 valence electrons. The summed E-state index contributed by atoms with van der Waals surface area (Å²) < 4.78 is 2.85. The van der Waals surface area contributed by atoms with Gasteiger partial charge in [0.1, 0.15) is 0 Å². The molecular formula is C10H13N3S2. The minimum Gasteiger partial charge on any atom is -0.335 e. The van der Waals surface area contributed by atoms with Crippen LogP contribution < -0.4 is 0 Å². The van der Waals surface area contributed by atoms with Gasteiger partial charge in [-0.25, -0.2) is 4.98 Å². The van der Waals surface area contributed by atoms with E-state index in [4.69, 9.17) is 12.2 Å². The summed E-state index contributed by atoms with van der Waals surface area (Å²) in [5.74, 6) is 0.409. The number of aromatic nitrogens is 3. The fraction of sp³-hybridized carbons (Fsp3) is 0.400. The fourth-order valence-corrected chi connectivity index (χ4v) is 2.53. The Morgan fingerprint density at radius 1 is 1.67 bits per heavy atom. The maximum absolute atomic E-state index is 5.21. The molecule has 0 radical (unpaired) electrons. The third kappa shape index (κ3) is 2.35. The second-order valence-corrected chi connectivity index (χ2v) is 4.98. The highest BCUT2D eigenvalue weighted by Crippen LogP contribution is 2.19. The van der Waals surface area contributed by atoms with E-state index in [1.54, 1.807) is 11.3 Å². The molecule has 0 aromatic carbocycles. The van der Waals surface area contributed by atoms with Crippen molar-refractivity contribution in [1.82, 2.24) is 14.5 Å². The molecule has 0 amide bonds. The van der Waals surface area contributed by atoms with E-state index in [1.165, 1.54) is 0 Å². The SMILES string of the molecule is Cc1cn(CC(C)c2nccs2)c(=S)[nH]1. The Morgan fingerprint density at radius 2 is 2.47 bits per heavy atom. The number of nitrogens with one attached hydrogen (secondary N) is 1. The molecule has 2 rings (SSSR count). The molecule has 0 aliphatic heterocycles.